The molecule has 2 saturated heterocycles. The number of benzene rings is 1. The van der Waals surface area contributed by atoms with Crippen molar-refractivity contribution in [3.05, 3.63) is 59.0 Å². The molecule has 172 valence electrons. The van der Waals surface area contributed by atoms with Crippen LogP contribution < -0.4 is 15.5 Å². The van der Waals surface area contributed by atoms with Gasteiger partial charge in [0, 0.05) is 37.4 Å². The fourth-order valence-corrected chi connectivity index (χ4v) is 4.18. The smallest absolute Gasteiger partial charge is 0.156 e. The monoisotopic (exact) mass is 455 g/mol. The zero-order valence-corrected chi connectivity index (χ0v) is 19.8. The van der Waals surface area contributed by atoms with E-state index in [9.17, 15) is 0 Å². The lowest BCUT2D eigenvalue weighted by Crippen LogP contribution is -2.44. The number of anilines is 2. The van der Waals surface area contributed by atoms with E-state index in [-0.39, 0.29) is 6.04 Å². The molecule has 8 heteroatoms. The second kappa shape index (κ2) is 11.8. The minimum Gasteiger partial charge on any atom is -0.374 e. The molecule has 2 aromatic rings. The summed E-state index contributed by atoms with van der Waals surface area (Å²) in [5, 5.41) is 15.0. The fraction of sp³-hybridized carbons (Fsp3) is 0.458. The standard InChI is InChI=1S/C20H25ClN6.C4H9N/c1-4-26-7-9-27(10-8-26)19-13-23-18(12-22)20(25-19)24-15(3)16-6-5-14(2)11-17(16)21;1-2-4-5-3-1/h4-6,11-13,15,22H,1,7-10H2,2-3H3,(H,24,25);5H,1-4H2. The molecule has 2 fully saturated rings. The number of nitrogens with one attached hydrogen (secondary N) is 3. The Morgan fingerprint density at radius 2 is 1.94 bits per heavy atom. The molecule has 0 aliphatic carbocycles. The molecule has 0 amide bonds. The van der Waals surface area contributed by atoms with Crippen molar-refractivity contribution >= 4 is 29.5 Å². The van der Waals surface area contributed by atoms with Crippen LogP contribution in [-0.4, -0.2) is 60.4 Å². The number of hydrogen-bond acceptors (Lipinski definition) is 7. The third-order valence-electron chi connectivity index (χ3n) is 5.75. The Morgan fingerprint density at radius 1 is 1.22 bits per heavy atom. The van der Waals surface area contributed by atoms with Crippen molar-refractivity contribution in [2.75, 3.05) is 49.5 Å². The first-order valence-electron chi connectivity index (χ1n) is 11.2. The largest absolute Gasteiger partial charge is 0.374 e. The maximum Gasteiger partial charge on any atom is 0.156 e. The van der Waals surface area contributed by atoms with Crippen LogP contribution in [0.3, 0.4) is 0 Å². The van der Waals surface area contributed by atoms with Gasteiger partial charge in [0.05, 0.1) is 12.2 Å². The highest BCUT2D eigenvalue weighted by Gasteiger charge is 2.19. The Bertz CT molecular complexity index is 898. The topological polar surface area (TPSA) is 80.2 Å². The Balaban J connectivity index is 0.000000509. The molecule has 0 bridgehead atoms. The summed E-state index contributed by atoms with van der Waals surface area (Å²) in [6.07, 6.45) is 7.61. The van der Waals surface area contributed by atoms with Gasteiger partial charge in [0.25, 0.3) is 0 Å². The van der Waals surface area contributed by atoms with Crippen molar-refractivity contribution in [2.24, 2.45) is 0 Å². The van der Waals surface area contributed by atoms with E-state index in [0.717, 1.165) is 48.1 Å². The lowest BCUT2D eigenvalue weighted by Gasteiger charge is -2.34. The molecular weight excluding hydrogens is 422 g/mol. The van der Waals surface area contributed by atoms with Gasteiger partial charge >= 0.3 is 0 Å². The summed E-state index contributed by atoms with van der Waals surface area (Å²) in [6, 6.07) is 5.95. The molecule has 32 heavy (non-hydrogen) atoms. The minimum atomic E-state index is -0.0565. The zero-order chi connectivity index (χ0) is 22.9. The van der Waals surface area contributed by atoms with Crippen LogP contribution in [0.25, 0.3) is 0 Å². The maximum atomic E-state index is 7.65. The SMILES string of the molecule is C1CCNC1.C=CN1CCN(c2cnc(C=N)c(NC(C)c3ccc(C)cc3Cl)n2)CC1. The molecule has 1 aromatic carbocycles. The maximum absolute atomic E-state index is 7.65. The van der Waals surface area contributed by atoms with Gasteiger partial charge in [-0.15, -0.1) is 0 Å². The van der Waals surface area contributed by atoms with E-state index < -0.39 is 0 Å². The molecule has 2 aliphatic heterocycles. The predicted molar refractivity (Wildman–Crippen MR) is 134 cm³/mol. The summed E-state index contributed by atoms with van der Waals surface area (Å²) in [6.45, 7) is 13.9. The van der Waals surface area contributed by atoms with E-state index >= 15 is 0 Å². The van der Waals surface area contributed by atoms with Crippen LogP contribution in [0.1, 0.15) is 42.6 Å². The van der Waals surface area contributed by atoms with Crippen LogP contribution in [0, 0.1) is 12.3 Å². The van der Waals surface area contributed by atoms with Gasteiger partial charge in [-0.2, -0.15) is 0 Å². The van der Waals surface area contributed by atoms with Crippen LogP contribution in [0.2, 0.25) is 5.02 Å². The van der Waals surface area contributed by atoms with Crippen molar-refractivity contribution < 1.29 is 0 Å². The molecule has 0 spiro atoms. The summed E-state index contributed by atoms with van der Waals surface area (Å²) in [4.78, 5) is 13.6. The fourth-order valence-electron chi connectivity index (χ4n) is 3.78. The number of halogens is 1. The average molecular weight is 456 g/mol. The highest BCUT2D eigenvalue weighted by atomic mass is 35.5. The number of aromatic nitrogens is 2. The van der Waals surface area contributed by atoms with Crippen LogP contribution in [0.15, 0.2) is 37.2 Å². The lowest BCUT2D eigenvalue weighted by molar-refractivity contribution is 0.349. The van der Waals surface area contributed by atoms with Crippen LogP contribution in [0.4, 0.5) is 11.6 Å². The molecule has 1 aromatic heterocycles. The first-order chi connectivity index (χ1) is 15.5. The van der Waals surface area contributed by atoms with Crippen LogP contribution >= 0.6 is 11.6 Å². The zero-order valence-electron chi connectivity index (χ0n) is 19.1. The van der Waals surface area contributed by atoms with Gasteiger partial charge in [-0.1, -0.05) is 30.3 Å². The number of aryl methyl sites for hydroxylation is 1. The van der Waals surface area contributed by atoms with E-state index in [1.165, 1.54) is 32.1 Å². The third kappa shape index (κ3) is 6.43. The van der Waals surface area contributed by atoms with Crippen LogP contribution in [-0.2, 0) is 0 Å². The van der Waals surface area contributed by atoms with Crippen molar-refractivity contribution in [3.8, 4) is 0 Å². The van der Waals surface area contributed by atoms with E-state index in [4.69, 9.17) is 22.0 Å². The molecule has 1 unspecified atom stereocenters. The summed E-state index contributed by atoms with van der Waals surface area (Å²) < 4.78 is 0. The van der Waals surface area contributed by atoms with Gasteiger partial charge in [-0.25, -0.2) is 9.97 Å². The molecule has 3 heterocycles. The van der Waals surface area contributed by atoms with Gasteiger partial charge in [0.1, 0.15) is 11.5 Å². The number of piperazine rings is 1. The highest BCUT2D eigenvalue weighted by Crippen LogP contribution is 2.27. The van der Waals surface area contributed by atoms with E-state index in [2.05, 4.69) is 32.0 Å². The summed E-state index contributed by atoms with van der Waals surface area (Å²) in [5.41, 5.74) is 2.63. The molecule has 4 rings (SSSR count). The Kier molecular flexibility index (Phi) is 8.88. The van der Waals surface area contributed by atoms with Crippen LogP contribution in [0.5, 0.6) is 0 Å². The Morgan fingerprint density at radius 3 is 2.50 bits per heavy atom. The normalized spacial score (nSPS) is 16.7. The number of hydrogen-bond donors (Lipinski definition) is 3. The second-order valence-corrected chi connectivity index (χ2v) is 8.57. The summed E-state index contributed by atoms with van der Waals surface area (Å²) in [5.74, 6) is 1.41. The minimum absolute atomic E-state index is 0.0565. The van der Waals surface area contributed by atoms with Gasteiger partial charge in [-0.3, -0.25) is 0 Å². The Hall–Kier alpha value is -2.64. The number of rotatable bonds is 6. The highest BCUT2D eigenvalue weighted by molar-refractivity contribution is 6.31. The van der Waals surface area contributed by atoms with E-state index in [0.29, 0.717) is 11.5 Å². The average Bonchev–Trinajstić information content (AvgIpc) is 3.39. The second-order valence-electron chi connectivity index (χ2n) is 8.16. The molecule has 0 saturated carbocycles. The molecular formula is C24H34ClN7. The molecule has 2 aliphatic rings. The van der Waals surface area contributed by atoms with E-state index in [1.54, 1.807) is 6.20 Å². The summed E-state index contributed by atoms with van der Waals surface area (Å²) >= 11 is 6.40. The van der Waals surface area contributed by atoms with Crippen molar-refractivity contribution in [1.82, 2.24) is 20.2 Å². The molecule has 1 atom stereocenters. The first-order valence-corrected chi connectivity index (χ1v) is 11.6. The number of nitrogens with zero attached hydrogens (tertiary/aromatic N) is 4. The first kappa shape index (κ1) is 24.0. The third-order valence-corrected chi connectivity index (χ3v) is 6.08. The van der Waals surface area contributed by atoms with Gasteiger partial charge in [0.2, 0.25) is 0 Å². The van der Waals surface area contributed by atoms with Crippen molar-refractivity contribution in [2.45, 2.75) is 32.7 Å². The quantitative estimate of drug-likeness (QED) is 0.565. The summed E-state index contributed by atoms with van der Waals surface area (Å²) in [7, 11) is 0. The molecule has 0 radical (unpaired) electrons. The molecule has 3 N–H and O–H groups in total. The van der Waals surface area contributed by atoms with E-state index in [1.807, 2.05) is 38.2 Å². The van der Waals surface area contributed by atoms with Crippen molar-refractivity contribution in [1.29, 1.82) is 5.41 Å². The predicted octanol–water partition coefficient (Wildman–Crippen LogP) is 4.24. The van der Waals surface area contributed by atoms with Crippen molar-refractivity contribution in [3.63, 3.8) is 0 Å². The Labute approximate surface area is 196 Å². The lowest BCUT2D eigenvalue weighted by atomic mass is 10.1. The van der Waals surface area contributed by atoms with Gasteiger partial charge in [-0.05, 0) is 63.2 Å². The van der Waals surface area contributed by atoms with Gasteiger partial charge in [0.15, 0.2) is 5.82 Å². The molecule has 7 nitrogen and oxygen atoms in total. The van der Waals surface area contributed by atoms with Gasteiger partial charge < -0.3 is 25.8 Å².